The minimum absolute atomic E-state index is 0.0128. The number of likely N-dealkylation sites (tertiary alicyclic amines) is 1. The van der Waals surface area contributed by atoms with Gasteiger partial charge in [-0.25, -0.2) is 9.18 Å². The lowest BCUT2D eigenvalue weighted by Gasteiger charge is -2.27. The first kappa shape index (κ1) is 23.9. The molecule has 7 nitrogen and oxygen atoms in total. The fourth-order valence-electron chi connectivity index (χ4n) is 4.02. The molecule has 1 aliphatic carbocycles. The molecule has 1 saturated heterocycles. The highest BCUT2D eigenvalue weighted by atomic mass is 35.5. The first-order valence-electron chi connectivity index (χ1n) is 10.6. The van der Waals surface area contributed by atoms with Gasteiger partial charge >= 0.3 is 5.97 Å². The van der Waals surface area contributed by atoms with Crippen LogP contribution in [0.2, 0.25) is 5.02 Å². The molecule has 1 aromatic rings. The highest BCUT2D eigenvalue weighted by Crippen LogP contribution is 2.37. The molecule has 0 radical (unpaired) electrons. The summed E-state index contributed by atoms with van der Waals surface area (Å²) < 4.78 is 19.3. The molecular formula is C23H26ClFN2O5. The maximum Gasteiger partial charge on any atom is 0.330 e. The molecule has 172 valence electrons. The molecule has 3 amide bonds. The Balaban J connectivity index is 1.72. The van der Waals surface area contributed by atoms with Crippen molar-refractivity contribution in [3.05, 3.63) is 41.2 Å². The smallest absolute Gasteiger partial charge is 0.330 e. The summed E-state index contributed by atoms with van der Waals surface area (Å²) in [6.45, 7) is 5.06. The van der Waals surface area contributed by atoms with Gasteiger partial charge in [-0.1, -0.05) is 37.6 Å². The molecule has 1 N–H and O–H groups in total. The molecule has 4 unspecified atom stereocenters. The van der Waals surface area contributed by atoms with Crippen LogP contribution in [0.1, 0.15) is 40.0 Å². The molecule has 1 fully saturated rings. The summed E-state index contributed by atoms with van der Waals surface area (Å²) in [4.78, 5) is 52.3. The number of halogens is 2. The Labute approximate surface area is 190 Å². The van der Waals surface area contributed by atoms with Crippen LogP contribution in [0.15, 0.2) is 30.4 Å². The number of amides is 3. The van der Waals surface area contributed by atoms with Crippen LogP contribution < -0.4 is 5.32 Å². The topological polar surface area (TPSA) is 92.8 Å². The molecule has 3 rings (SSSR count). The van der Waals surface area contributed by atoms with Crippen LogP contribution in [0.3, 0.4) is 0 Å². The Hall–Kier alpha value is -2.74. The highest BCUT2D eigenvalue weighted by Gasteiger charge is 2.51. The van der Waals surface area contributed by atoms with E-state index in [1.165, 1.54) is 19.1 Å². The monoisotopic (exact) mass is 464 g/mol. The van der Waals surface area contributed by atoms with Crippen molar-refractivity contribution in [2.45, 2.75) is 52.2 Å². The van der Waals surface area contributed by atoms with Gasteiger partial charge in [0.05, 0.1) is 17.5 Å². The number of ether oxygens (including phenoxy) is 1. The van der Waals surface area contributed by atoms with Crippen molar-refractivity contribution in [2.24, 2.45) is 17.8 Å². The van der Waals surface area contributed by atoms with Gasteiger partial charge in [-0.15, -0.1) is 0 Å². The van der Waals surface area contributed by atoms with Crippen molar-refractivity contribution in [3.8, 4) is 0 Å². The van der Waals surface area contributed by atoms with Gasteiger partial charge in [0, 0.05) is 5.02 Å². The van der Waals surface area contributed by atoms with Crippen LogP contribution in [-0.2, 0) is 23.9 Å². The van der Waals surface area contributed by atoms with Crippen molar-refractivity contribution in [1.29, 1.82) is 0 Å². The predicted molar refractivity (Wildman–Crippen MR) is 116 cm³/mol. The molecule has 9 heteroatoms. The highest BCUT2D eigenvalue weighted by molar-refractivity contribution is 6.30. The molecule has 1 heterocycles. The number of nitrogens with one attached hydrogen (secondary N) is 1. The number of hydrogen-bond acceptors (Lipinski definition) is 5. The maximum atomic E-state index is 14.0. The Kier molecular flexibility index (Phi) is 7.33. The van der Waals surface area contributed by atoms with E-state index in [9.17, 15) is 23.6 Å². The molecule has 0 spiro atoms. The number of imide groups is 1. The Morgan fingerprint density at radius 3 is 2.28 bits per heavy atom. The number of anilines is 1. The lowest BCUT2D eigenvalue weighted by Crippen LogP contribution is -2.48. The second-order valence-electron chi connectivity index (χ2n) is 8.54. The minimum atomic E-state index is -1.27. The number of rotatable bonds is 7. The van der Waals surface area contributed by atoms with Crippen molar-refractivity contribution >= 4 is 41.0 Å². The van der Waals surface area contributed by atoms with Crippen LogP contribution >= 0.6 is 11.6 Å². The lowest BCUT2D eigenvalue weighted by atomic mass is 9.85. The summed E-state index contributed by atoms with van der Waals surface area (Å²) >= 11 is 5.71. The first-order valence-corrected chi connectivity index (χ1v) is 11.0. The van der Waals surface area contributed by atoms with Crippen molar-refractivity contribution in [1.82, 2.24) is 4.90 Å². The molecule has 1 aromatic carbocycles. The molecule has 2 aliphatic rings. The second-order valence-corrected chi connectivity index (χ2v) is 8.98. The predicted octanol–water partition coefficient (Wildman–Crippen LogP) is 3.72. The molecule has 4 atom stereocenters. The third-order valence-corrected chi connectivity index (χ3v) is 5.91. The van der Waals surface area contributed by atoms with E-state index in [4.69, 9.17) is 16.3 Å². The summed E-state index contributed by atoms with van der Waals surface area (Å²) in [5, 5.41) is 2.52. The van der Waals surface area contributed by atoms with Gasteiger partial charge in [-0.3, -0.25) is 19.3 Å². The zero-order chi connectivity index (χ0) is 23.6. The van der Waals surface area contributed by atoms with E-state index in [-0.39, 0.29) is 34.9 Å². The summed E-state index contributed by atoms with van der Waals surface area (Å²) in [6.07, 6.45) is 3.59. The summed E-state index contributed by atoms with van der Waals surface area (Å²) in [7, 11) is 0. The standard InChI is InChI=1S/C23H26ClFN2O5/c1-12(2)10-19(27-21(29)15-6-4-5-7-16(15)22(27)30)23(31)32-13(3)20(28)26-18-9-8-14(24)11-17(18)25/h4-5,8-9,11-13,15-16,19H,6-7,10H2,1-3H3,(H,26,28). The summed E-state index contributed by atoms with van der Waals surface area (Å²) in [5.74, 6) is -4.04. The van der Waals surface area contributed by atoms with Gasteiger partial charge in [0.15, 0.2) is 6.10 Å². The number of carbonyl (C=O) groups is 4. The summed E-state index contributed by atoms with van der Waals surface area (Å²) in [5.41, 5.74) is -0.109. The van der Waals surface area contributed by atoms with Crippen LogP contribution in [0.5, 0.6) is 0 Å². The van der Waals surface area contributed by atoms with E-state index in [2.05, 4.69) is 5.32 Å². The van der Waals surface area contributed by atoms with Gasteiger partial charge in [-0.2, -0.15) is 0 Å². The van der Waals surface area contributed by atoms with Gasteiger partial charge in [0.1, 0.15) is 11.9 Å². The largest absolute Gasteiger partial charge is 0.451 e. The molecule has 1 aliphatic heterocycles. The number of benzene rings is 1. The second kappa shape index (κ2) is 9.81. The fraction of sp³-hybridized carbons (Fsp3) is 0.478. The minimum Gasteiger partial charge on any atom is -0.451 e. The van der Waals surface area contributed by atoms with Crippen molar-refractivity contribution in [3.63, 3.8) is 0 Å². The average molecular weight is 465 g/mol. The molecule has 0 aromatic heterocycles. The number of allylic oxidation sites excluding steroid dienone is 2. The number of hydrogen-bond donors (Lipinski definition) is 1. The van der Waals surface area contributed by atoms with E-state index in [0.717, 1.165) is 11.0 Å². The molecular weight excluding hydrogens is 439 g/mol. The normalized spacial score (nSPS) is 22.0. The molecule has 32 heavy (non-hydrogen) atoms. The third-order valence-electron chi connectivity index (χ3n) is 5.67. The van der Waals surface area contributed by atoms with Crippen LogP contribution in [-0.4, -0.2) is 40.7 Å². The van der Waals surface area contributed by atoms with E-state index < -0.39 is 41.7 Å². The number of nitrogens with zero attached hydrogens (tertiary/aromatic N) is 1. The number of carbonyl (C=O) groups excluding carboxylic acids is 4. The summed E-state index contributed by atoms with van der Waals surface area (Å²) in [6, 6.07) is 2.63. The van der Waals surface area contributed by atoms with Gasteiger partial charge < -0.3 is 10.1 Å². The van der Waals surface area contributed by atoms with Gasteiger partial charge in [-0.05, 0) is 50.3 Å². The van der Waals surface area contributed by atoms with Crippen LogP contribution in [0.4, 0.5) is 10.1 Å². The van der Waals surface area contributed by atoms with E-state index in [1.54, 1.807) is 0 Å². The van der Waals surface area contributed by atoms with Crippen molar-refractivity contribution in [2.75, 3.05) is 5.32 Å². The Morgan fingerprint density at radius 1 is 1.16 bits per heavy atom. The van der Waals surface area contributed by atoms with Gasteiger partial charge in [0.25, 0.3) is 5.91 Å². The van der Waals surface area contributed by atoms with E-state index >= 15 is 0 Å². The lowest BCUT2D eigenvalue weighted by molar-refractivity contribution is -0.164. The average Bonchev–Trinajstić information content (AvgIpc) is 2.98. The first-order chi connectivity index (χ1) is 15.1. The zero-order valence-electron chi connectivity index (χ0n) is 18.1. The van der Waals surface area contributed by atoms with Crippen LogP contribution in [0, 0.1) is 23.6 Å². The quantitative estimate of drug-likeness (QED) is 0.377. The zero-order valence-corrected chi connectivity index (χ0v) is 18.9. The SMILES string of the molecule is CC(C)CC(C(=O)OC(C)C(=O)Nc1ccc(Cl)cc1F)N1C(=O)C2CC=CCC2C1=O. The van der Waals surface area contributed by atoms with E-state index in [1.807, 2.05) is 26.0 Å². The number of fused-ring (bicyclic) bond motifs is 1. The van der Waals surface area contributed by atoms with Crippen molar-refractivity contribution < 1.29 is 28.3 Å². The fourth-order valence-corrected chi connectivity index (χ4v) is 4.18. The molecule has 0 bridgehead atoms. The van der Waals surface area contributed by atoms with E-state index in [0.29, 0.717) is 12.8 Å². The Morgan fingerprint density at radius 2 is 1.75 bits per heavy atom. The van der Waals surface area contributed by atoms with Gasteiger partial charge in [0.2, 0.25) is 11.8 Å². The maximum absolute atomic E-state index is 14.0. The number of esters is 1. The Bertz CT molecular complexity index is 938. The molecule has 0 saturated carbocycles. The van der Waals surface area contributed by atoms with Crippen LogP contribution in [0.25, 0.3) is 0 Å². The third kappa shape index (κ3) is 5.01.